The van der Waals surface area contributed by atoms with Crippen LogP contribution < -0.4 is 15.9 Å². The zero-order valence-corrected chi connectivity index (χ0v) is 9.06. The summed E-state index contributed by atoms with van der Waals surface area (Å²) < 4.78 is 35.6. The van der Waals surface area contributed by atoms with Gasteiger partial charge in [0.05, 0.1) is 11.4 Å². The van der Waals surface area contributed by atoms with Gasteiger partial charge in [-0.05, 0) is 12.1 Å². The summed E-state index contributed by atoms with van der Waals surface area (Å²) >= 11 is 0. The number of nitrogens with zero attached hydrogens (tertiary/aromatic N) is 1. The minimum Gasteiger partial charge on any atom is -0.733 e. The molecule has 0 bridgehead atoms. The van der Waals surface area contributed by atoms with Gasteiger partial charge in [-0.2, -0.15) is 13.2 Å². The molecule has 10 heteroatoms. The molecule has 3 amide bonds. The lowest BCUT2D eigenvalue weighted by Crippen LogP contribution is -2.42. The van der Waals surface area contributed by atoms with Gasteiger partial charge < -0.3 is 15.8 Å². The van der Waals surface area contributed by atoms with Gasteiger partial charge in [-0.25, -0.2) is 4.79 Å². The fraction of sp³-hybridized carbons (Fsp3) is 0.111. The van der Waals surface area contributed by atoms with E-state index in [4.69, 9.17) is 5.21 Å². The number of carbonyl (C=O) groups excluding carboxylic acids is 2. The number of imide groups is 1. The van der Waals surface area contributed by atoms with Gasteiger partial charge >= 0.3 is 18.1 Å². The second-order valence-corrected chi connectivity index (χ2v) is 3.20. The van der Waals surface area contributed by atoms with E-state index in [1.165, 1.54) is 12.1 Å². The average Bonchev–Trinajstić information content (AvgIpc) is 2.27. The third kappa shape index (κ3) is 4.12. The van der Waals surface area contributed by atoms with E-state index in [0.717, 1.165) is 17.4 Å². The van der Waals surface area contributed by atoms with Crippen molar-refractivity contribution in [1.82, 2.24) is 5.32 Å². The smallest absolute Gasteiger partial charge is 0.471 e. The summed E-state index contributed by atoms with van der Waals surface area (Å²) in [6.45, 7) is 0. The first-order valence-corrected chi connectivity index (χ1v) is 4.66. The highest BCUT2D eigenvalue weighted by Crippen LogP contribution is 2.23. The first-order valence-electron chi connectivity index (χ1n) is 4.66. The molecular weight excluding hydrogens is 271 g/mol. The zero-order chi connectivity index (χ0) is 14.6. The van der Waals surface area contributed by atoms with Crippen molar-refractivity contribution < 1.29 is 28.0 Å². The van der Waals surface area contributed by atoms with Crippen molar-refractivity contribution in [3.05, 3.63) is 29.5 Å². The highest BCUT2D eigenvalue weighted by molar-refractivity contribution is 6.04. The van der Waals surface area contributed by atoms with Crippen LogP contribution in [-0.2, 0) is 4.79 Å². The summed E-state index contributed by atoms with van der Waals surface area (Å²) in [7, 11) is 0. The molecule has 1 rings (SSSR count). The molecule has 19 heavy (non-hydrogen) atoms. The molecule has 0 aliphatic carbocycles. The molecule has 1 aromatic rings. The number of anilines is 2. The number of carbonyl (C=O) groups is 2. The Morgan fingerprint density at radius 3 is 2.37 bits per heavy atom. The summed E-state index contributed by atoms with van der Waals surface area (Å²) in [5.41, 5.74) is -0.676. The average molecular weight is 278 g/mol. The fourth-order valence-electron chi connectivity index (χ4n) is 1.07. The molecule has 0 fully saturated rings. The van der Waals surface area contributed by atoms with Crippen molar-refractivity contribution in [2.24, 2.45) is 0 Å². The van der Waals surface area contributed by atoms with Gasteiger partial charge in [-0.3, -0.25) is 15.3 Å². The Morgan fingerprint density at radius 1 is 1.26 bits per heavy atom. The van der Waals surface area contributed by atoms with Crippen molar-refractivity contribution >= 4 is 23.3 Å². The number of hydrogen-bond acceptors (Lipinski definition) is 5. The van der Waals surface area contributed by atoms with E-state index in [1.807, 2.05) is 5.32 Å². The molecule has 7 nitrogen and oxygen atoms in total. The summed E-state index contributed by atoms with van der Waals surface area (Å²) in [5, 5.41) is 21.6. The van der Waals surface area contributed by atoms with E-state index in [2.05, 4.69) is 0 Å². The van der Waals surface area contributed by atoms with Gasteiger partial charge in [0.2, 0.25) is 0 Å². The van der Waals surface area contributed by atoms with Crippen LogP contribution in [0.1, 0.15) is 0 Å². The Bertz CT molecular complexity index is 490. The molecule has 0 aliphatic rings. The fourth-order valence-corrected chi connectivity index (χ4v) is 1.07. The Kier molecular flexibility index (Phi) is 4.30. The molecule has 0 spiro atoms. The molecule has 0 aliphatic heterocycles. The first kappa shape index (κ1) is 14.7. The van der Waals surface area contributed by atoms with Gasteiger partial charge in [0.15, 0.2) is 0 Å². The van der Waals surface area contributed by atoms with E-state index in [1.54, 1.807) is 0 Å². The quantitative estimate of drug-likeness (QED) is 0.712. The number of hydrogen-bond donors (Lipinski definition) is 3. The molecule has 3 N–H and O–H groups in total. The molecule has 0 saturated carbocycles. The minimum absolute atomic E-state index is 0.271. The van der Waals surface area contributed by atoms with E-state index < -0.39 is 29.0 Å². The molecule has 0 saturated heterocycles. The van der Waals surface area contributed by atoms with Crippen LogP contribution in [0.5, 0.6) is 0 Å². The third-order valence-electron chi connectivity index (χ3n) is 1.84. The van der Waals surface area contributed by atoms with Crippen LogP contribution in [0.25, 0.3) is 0 Å². The van der Waals surface area contributed by atoms with Gasteiger partial charge in [0.1, 0.15) is 0 Å². The summed E-state index contributed by atoms with van der Waals surface area (Å²) in [6, 6.07) is 3.47. The molecule has 0 heterocycles. The van der Waals surface area contributed by atoms with E-state index >= 15 is 0 Å². The normalized spacial score (nSPS) is 10.8. The first-order chi connectivity index (χ1) is 8.71. The maximum atomic E-state index is 11.9. The number of urea groups is 1. The van der Waals surface area contributed by atoms with Gasteiger partial charge in [-0.1, -0.05) is 12.1 Å². The molecule has 0 atom stereocenters. The SMILES string of the molecule is O=C(NC(=O)C(F)(F)F)Nc1ccccc1N([O-])O. The van der Waals surface area contributed by atoms with Gasteiger partial charge in [0, 0.05) is 0 Å². The van der Waals surface area contributed by atoms with Crippen molar-refractivity contribution in [3.63, 3.8) is 0 Å². The molecule has 0 aromatic heterocycles. The van der Waals surface area contributed by atoms with Crippen molar-refractivity contribution in [3.8, 4) is 0 Å². The number of alkyl halides is 3. The summed E-state index contributed by atoms with van der Waals surface area (Å²) in [4.78, 5) is 21.6. The lowest BCUT2D eigenvalue weighted by atomic mass is 10.3. The molecular formula is C9H7F3N3O4-. The van der Waals surface area contributed by atoms with E-state index in [-0.39, 0.29) is 5.69 Å². The van der Waals surface area contributed by atoms with Crippen molar-refractivity contribution in [2.75, 3.05) is 10.5 Å². The maximum Gasteiger partial charge on any atom is 0.471 e. The van der Waals surface area contributed by atoms with Crippen LogP contribution in [0.2, 0.25) is 0 Å². The zero-order valence-electron chi connectivity index (χ0n) is 9.06. The predicted molar refractivity (Wildman–Crippen MR) is 57.3 cm³/mol. The van der Waals surface area contributed by atoms with Crippen LogP contribution in [0.3, 0.4) is 0 Å². The van der Waals surface area contributed by atoms with E-state index in [0.29, 0.717) is 0 Å². The Hall–Kier alpha value is -2.33. The number of nitrogens with one attached hydrogen (secondary N) is 2. The van der Waals surface area contributed by atoms with Gasteiger partial charge in [0.25, 0.3) is 0 Å². The molecule has 0 unspecified atom stereocenters. The topological polar surface area (TPSA) is 105 Å². The highest BCUT2D eigenvalue weighted by atomic mass is 19.4. The number of rotatable bonds is 2. The van der Waals surface area contributed by atoms with Crippen LogP contribution >= 0.6 is 0 Å². The van der Waals surface area contributed by atoms with Crippen LogP contribution in [-0.4, -0.2) is 23.3 Å². The second kappa shape index (κ2) is 5.54. The van der Waals surface area contributed by atoms with Crippen LogP contribution in [0.15, 0.2) is 24.3 Å². The largest absolute Gasteiger partial charge is 0.733 e. The number of amides is 3. The third-order valence-corrected chi connectivity index (χ3v) is 1.84. The number of benzene rings is 1. The predicted octanol–water partition coefficient (Wildman–Crippen LogP) is 1.59. The Morgan fingerprint density at radius 2 is 1.84 bits per heavy atom. The molecule has 0 radical (unpaired) electrons. The van der Waals surface area contributed by atoms with Crippen molar-refractivity contribution in [2.45, 2.75) is 6.18 Å². The lowest BCUT2D eigenvalue weighted by Gasteiger charge is -2.24. The number of para-hydroxylation sites is 2. The highest BCUT2D eigenvalue weighted by Gasteiger charge is 2.39. The number of halogens is 3. The maximum absolute atomic E-state index is 11.9. The summed E-state index contributed by atoms with van der Waals surface area (Å²) in [6.07, 6.45) is -5.21. The summed E-state index contributed by atoms with van der Waals surface area (Å²) in [5.74, 6) is -2.45. The minimum atomic E-state index is -5.21. The lowest BCUT2D eigenvalue weighted by molar-refractivity contribution is -0.172. The van der Waals surface area contributed by atoms with Crippen LogP contribution in [0, 0.1) is 5.21 Å². The van der Waals surface area contributed by atoms with Gasteiger partial charge in [-0.15, -0.1) is 0 Å². The Balaban J connectivity index is 2.76. The van der Waals surface area contributed by atoms with Crippen LogP contribution in [0.4, 0.5) is 29.3 Å². The van der Waals surface area contributed by atoms with Crippen molar-refractivity contribution in [1.29, 1.82) is 0 Å². The standard InChI is InChI=1S/C9H7F3N3O4/c10-9(11,12)7(16)14-8(17)13-5-3-1-2-4-6(5)15(18)19/h1-4,18H,(H2,13,14,16,17)/q-1. The molecule has 104 valence electrons. The van der Waals surface area contributed by atoms with E-state index in [9.17, 15) is 28.0 Å². The Labute approximate surface area is 104 Å². The monoisotopic (exact) mass is 278 g/mol. The second-order valence-electron chi connectivity index (χ2n) is 3.20. The molecule has 1 aromatic carbocycles.